The van der Waals surface area contributed by atoms with Crippen LogP contribution in [0.1, 0.15) is 34.6 Å². The van der Waals surface area contributed by atoms with Crippen LogP contribution in [0.4, 0.5) is 4.39 Å². The summed E-state index contributed by atoms with van der Waals surface area (Å²) in [4.78, 5) is 22.7. The van der Waals surface area contributed by atoms with E-state index < -0.39 is 17.7 Å². The topological polar surface area (TPSA) is 91.9 Å². The fourth-order valence-corrected chi connectivity index (χ4v) is 4.42. The standard InChI is InChI=1S/C29H24ClFN2O4/c1-33-17-22(10-13-28(33)34)27(32-37)16-25(24-12-11-23(30)15-26(24)31)21-8-6-20(7-9-21)19-4-2-18(3-5-19)14-29(35)36/h2-13,15,17,25,37H,14,16H2,1H3,(H,35,36)/t25-/m0/s1. The molecular formula is C29H24ClFN2O4. The van der Waals surface area contributed by atoms with Crippen LogP contribution in [-0.4, -0.2) is 26.6 Å². The summed E-state index contributed by atoms with van der Waals surface area (Å²) < 4.78 is 16.4. The van der Waals surface area contributed by atoms with Gasteiger partial charge in [0.1, 0.15) is 5.82 Å². The Morgan fingerprint density at radius 3 is 2.22 bits per heavy atom. The number of nitrogens with zero attached hydrogens (tertiary/aromatic N) is 2. The smallest absolute Gasteiger partial charge is 0.307 e. The summed E-state index contributed by atoms with van der Waals surface area (Å²) >= 11 is 5.99. The van der Waals surface area contributed by atoms with Gasteiger partial charge in [-0.3, -0.25) is 9.59 Å². The van der Waals surface area contributed by atoms with Crippen molar-refractivity contribution in [3.05, 3.63) is 129 Å². The molecule has 0 bridgehead atoms. The molecular weight excluding hydrogens is 495 g/mol. The summed E-state index contributed by atoms with van der Waals surface area (Å²) in [6, 6.07) is 22.3. The first kappa shape index (κ1) is 25.9. The highest BCUT2D eigenvalue weighted by atomic mass is 35.5. The fourth-order valence-electron chi connectivity index (χ4n) is 4.26. The number of carboxylic acids is 1. The van der Waals surface area contributed by atoms with Gasteiger partial charge in [-0.15, -0.1) is 0 Å². The Morgan fingerprint density at radius 1 is 1.00 bits per heavy atom. The predicted octanol–water partition coefficient (Wildman–Crippen LogP) is 5.87. The SMILES string of the molecule is Cn1cc(C(C[C@@H](c2ccc(-c3ccc(CC(=O)O)cc3)cc2)c2ccc(Cl)cc2F)=NO)ccc1=O. The molecule has 0 aliphatic heterocycles. The van der Waals surface area contributed by atoms with Crippen molar-refractivity contribution in [3.8, 4) is 11.1 Å². The summed E-state index contributed by atoms with van der Waals surface area (Å²) in [5.41, 5.74) is 4.36. The van der Waals surface area contributed by atoms with E-state index in [1.165, 1.54) is 16.7 Å². The number of oxime groups is 1. The summed E-state index contributed by atoms with van der Waals surface area (Å²) in [6.07, 6.45) is 1.69. The van der Waals surface area contributed by atoms with E-state index in [1.54, 1.807) is 43.6 Å². The monoisotopic (exact) mass is 518 g/mol. The molecule has 0 fully saturated rings. The lowest BCUT2D eigenvalue weighted by Crippen LogP contribution is -2.18. The lowest BCUT2D eigenvalue weighted by atomic mass is 9.84. The average Bonchev–Trinajstić information content (AvgIpc) is 2.87. The maximum atomic E-state index is 15.1. The van der Waals surface area contributed by atoms with E-state index in [1.807, 2.05) is 36.4 Å². The molecule has 1 heterocycles. The van der Waals surface area contributed by atoms with Crippen molar-refractivity contribution in [1.82, 2.24) is 4.57 Å². The van der Waals surface area contributed by atoms with Gasteiger partial charge in [0.25, 0.3) is 0 Å². The average molecular weight is 519 g/mol. The van der Waals surface area contributed by atoms with Gasteiger partial charge in [-0.05, 0) is 46.0 Å². The van der Waals surface area contributed by atoms with Crippen LogP contribution in [0.5, 0.6) is 0 Å². The van der Waals surface area contributed by atoms with Crippen molar-refractivity contribution >= 4 is 23.3 Å². The molecule has 0 aliphatic rings. The molecule has 0 saturated heterocycles. The molecule has 0 saturated carbocycles. The van der Waals surface area contributed by atoms with Crippen LogP contribution in [0, 0.1) is 5.82 Å². The Hall–Kier alpha value is -4.23. The first-order valence-electron chi connectivity index (χ1n) is 11.5. The number of halogens is 2. The van der Waals surface area contributed by atoms with Crippen molar-refractivity contribution in [2.45, 2.75) is 18.8 Å². The highest BCUT2D eigenvalue weighted by molar-refractivity contribution is 6.30. The van der Waals surface area contributed by atoms with E-state index in [0.29, 0.717) is 22.4 Å². The largest absolute Gasteiger partial charge is 0.481 e. The molecule has 8 heteroatoms. The number of hydrogen-bond acceptors (Lipinski definition) is 4. The van der Waals surface area contributed by atoms with Gasteiger partial charge in [-0.1, -0.05) is 71.4 Å². The van der Waals surface area contributed by atoms with E-state index in [2.05, 4.69) is 5.16 Å². The molecule has 0 spiro atoms. The molecule has 3 aromatic carbocycles. The summed E-state index contributed by atoms with van der Waals surface area (Å²) in [5.74, 6) is -1.87. The third-order valence-corrected chi connectivity index (χ3v) is 6.47. The van der Waals surface area contributed by atoms with Crippen LogP contribution in [-0.2, 0) is 18.3 Å². The number of carbonyl (C=O) groups is 1. The van der Waals surface area contributed by atoms with E-state index in [-0.39, 0.29) is 23.4 Å². The van der Waals surface area contributed by atoms with Gasteiger partial charge in [-0.2, -0.15) is 0 Å². The zero-order valence-corrected chi connectivity index (χ0v) is 20.7. The molecule has 4 rings (SSSR count). The van der Waals surface area contributed by atoms with Gasteiger partial charge in [-0.25, -0.2) is 4.39 Å². The maximum absolute atomic E-state index is 15.1. The van der Waals surface area contributed by atoms with Gasteiger partial charge in [0.15, 0.2) is 0 Å². The van der Waals surface area contributed by atoms with Crippen LogP contribution in [0.25, 0.3) is 11.1 Å². The van der Waals surface area contributed by atoms with Crippen LogP contribution >= 0.6 is 11.6 Å². The molecule has 2 N–H and O–H groups in total. The molecule has 0 aliphatic carbocycles. The number of benzene rings is 3. The normalized spacial score (nSPS) is 12.4. The van der Waals surface area contributed by atoms with Crippen molar-refractivity contribution in [3.63, 3.8) is 0 Å². The fraction of sp³-hybridized carbons (Fsp3) is 0.138. The number of rotatable bonds is 8. The van der Waals surface area contributed by atoms with Crippen molar-refractivity contribution in [2.24, 2.45) is 12.2 Å². The van der Waals surface area contributed by atoms with Crippen LogP contribution in [0.15, 0.2) is 95.0 Å². The highest BCUT2D eigenvalue weighted by Crippen LogP contribution is 2.34. The molecule has 0 amide bonds. The third kappa shape index (κ3) is 6.13. The second-order valence-electron chi connectivity index (χ2n) is 8.73. The van der Waals surface area contributed by atoms with Crippen molar-refractivity contribution in [1.29, 1.82) is 0 Å². The zero-order chi connectivity index (χ0) is 26.5. The lowest BCUT2D eigenvalue weighted by Gasteiger charge is -2.20. The number of carboxylic acid groups (broad SMARTS) is 1. The van der Waals surface area contributed by atoms with Crippen LogP contribution in [0.2, 0.25) is 5.02 Å². The first-order chi connectivity index (χ1) is 17.7. The highest BCUT2D eigenvalue weighted by Gasteiger charge is 2.22. The molecule has 1 aromatic heterocycles. The number of pyridine rings is 1. The first-order valence-corrected chi connectivity index (χ1v) is 11.9. The number of aryl methyl sites for hydroxylation is 1. The summed E-state index contributed by atoms with van der Waals surface area (Å²) in [7, 11) is 1.60. The van der Waals surface area contributed by atoms with Gasteiger partial charge in [0.05, 0.1) is 12.1 Å². The Bertz CT molecular complexity index is 1510. The van der Waals surface area contributed by atoms with Crippen molar-refractivity contribution in [2.75, 3.05) is 0 Å². The molecule has 0 radical (unpaired) electrons. The van der Waals surface area contributed by atoms with Gasteiger partial charge < -0.3 is 14.9 Å². The Balaban J connectivity index is 1.69. The second-order valence-corrected chi connectivity index (χ2v) is 9.16. The molecule has 0 unspecified atom stereocenters. The van der Waals surface area contributed by atoms with E-state index in [0.717, 1.165) is 16.7 Å². The molecule has 1 atom stereocenters. The Labute approximate surface area is 217 Å². The Kier molecular flexibility index (Phi) is 7.84. The van der Waals surface area contributed by atoms with Gasteiger partial charge in [0.2, 0.25) is 5.56 Å². The number of hydrogen-bond donors (Lipinski definition) is 2. The second kappa shape index (κ2) is 11.2. The van der Waals surface area contributed by atoms with Crippen LogP contribution in [0.3, 0.4) is 0 Å². The molecule has 188 valence electrons. The van der Waals surface area contributed by atoms with E-state index >= 15 is 4.39 Å². The molecule has 37 heavy (non-hydrogen) atoms. The summed E-state index contributed by atoms with van der Waals surface area (Å²) in [6.45, 7) is 0. The van der Waals surface area contributed by atoms with Crippen molar-refractivity contribution < 1.29 is 19.5 Å². The van der Waals surface area contributed by atoms with E-state index in [9.17, 15) is 14.8 Å². The number of aromatic nitrogens is 1. The maximum Gasteiger partial charge on any atom is 0.307 e. The lowest BCUT2D eigenvalue weighted by molar-refractivity contribution is -0.136. The van der Waals surface area contributed by atoms with Gasteiger partial charge in [0, 0.05) is 42.2 Å². The molecule has 4 aromatic rings. The van der Waals surface area contributed by atoms with E-state index in [4.69, 9.17) is 16.7 Å². The minimum Gasteiger partial charge on any atom is -0.481 e. The predicted molar refractivity (Wildman–Crippen MR) is 141 cm³/mol. The van der Waals surface area contributed by atoms with Crippen LogP contribution < -0.4 is 5.56 Å². The van der Waals surface area contributed by atoms with Gasteiger partial charge >= 0.3 is 5.97 Å². The minimum absolute atomic E-state index is 0.0438. The quantitative estimate of drug-likeness (QED) is 0.173. The minimum atomic E-state index is -0.888. The zero-order valence-electron chi connectivity index (χ0n) is 19.9. The third-order valence-electron chi connectivity index (χ3n) is 6.23. The summed E-state index contributed by atoms with van der Waals surface area (Å²) in [5, 5.41) is 22.5. The molecule has 6 nitrogen and oxygen atoms in total. The number of aliphatic carboxylic acids is 1. The Morgan fingerprint density at radius 2 is 1.65 bits per heavy atom.